The third kappa shape index (κ3) is 2.42. The lowest BCUT2D eigenvalue weighted by atomic mass is 10.0. The van der Waals surface area contributed by atoms with Gasteiger partial charge in [0.15, 0.2) is 5.78 Å². The van der Waals surface area contributed by atoms with Gasteiger partial charge >= 0.3 is 0 Å². The fourth-order valence-electron chi connectivity index (χ4n) is 3.42. The zero-order chi connectivity index (χ0) is 18.4. The molecule has 0 fully saturated rings. The fraction of sp³-hybridized carbons (Fsp3) is 0.200. The van der Waals surface area contributed by atoms with E-state index in [0.29, 0.717) is 22.5 Å². The van der Waals surface area contributed by atoms with Gasteiger partial charge in [0.05, 0.1) is 16.8 Å². The standard InChI is InChI=1S/C20H18N4O2/c1-11(25)21-15-6-4-5-14-16(15)20(26)17-18(22-23-19(14)17)12-7-9-13(10-8-12)24(2)3/h4-10,19H,1-3H3,(H,21,25). The maximum Gasteiger partial charge on any atom is 0.221 e. The molecule has 0 bridgehead atoms. The molecule has 0 saturated heterocycles. The van der Waals surface area contributed by atoms with Gasteiger partial charge in [-0.25, -0.2) is 0 Å². The summed E-state index contributed by atoms with van der Waals surface area (Å²) in [6, 6.07) is 12.9. The molecule has 0 spiro atoms. The summed E-state index contributed by atoms with van der Waals surface area (Å²) in [4.78, 5) is 26.6. The van der Waals surface area contributed by atoms with Crippen LogP contribution in [0.25, 0.3) is 5.70 Å². The Balaban J connectivity index is 1.80. The molecule has 1 aliphatic carbocycles. The molecule has 0 aromatic heterocycles. The minimum Gasteiger partial charge on any atom is -0.378 e. The van der Waals surface area contributed by atoms with Crippen LogP contribution in [-0.2, 0) is 4.79 Å². The maximum atomic E-state index is 13.1. The minimum atomic E-state index is -0.394. The second-order valence-corrected chi connectivity index (χ2v) is 6.60. The monoisotopic (exact) mass is 346 g/mol. The molecular weight excluding hydrogens is 328 g/mol. The summed E-state index contributed by atoms with van der Waals surface area (Å²) in [5.41, 5.74) is 4.95. The highest BCUT2D eigenvalue weighted by molar-refractivity contribution is 6.22. The van der Waals surface area contributed by atoms with E-state index in [9.17, 15) is 9.59 Å². The summed E-state index contributed by atoms with van der Waals surface area (Å²) in [6.07, 6.45) is 0. The average Bonchev–Trinajstić information content (AvgIpc) is 3.16. The first kappa shape index (κ1) is 16.2. The fourth-order valence-corrected chi connectivity index (χ4v) is 3.42. The number of nitrogens with one attached hydrogen (secondary N) is 1. The van der Waals surface area contributed by atoms with Gasteiger partial charge in [-0.1, -0.05) is 24.3 Å². The van der Waals surface area contributed by atoms with Crippen molar-refractivity contribution in [1.29, 1.82) is 0 Å². The van der Waals surface area contributed by atoms with E-state index >= 15 is 0 Å². The summed E-state index contributed by atoms with van der Waals surface area (Å²) in [5, 5.41) is 11.4. The Morgan fingerprint density at radius 1 is 1.12 bits per heavy atom. The highest BCUT2D eigenvalue weighted by Gasteiger charge is 2.42. The zero-order valence-electron chi connectivity index (χ0n) is 14.8. The van der Waals surface area contributed by atoms with Gasteiger partial charge < -0.3 is 10.2 Å². The Morgan fingerprint density at radius 2 is 1.85 bits per heavy atom. The van der Waals surface area contributed by atoms with Crippen LogP contribution >= 0.6 is 0 Å². The second kappa shape index (κ2) is 5.91. The Kier molecular flexibility index (Phi) is 3.68. The Labute approximate surface area is 151 Å². The molecule has 2 aromatic rings. The van der Waals surface area contributed by atoms with Crippen molar-refractivity contribution >= 4 is 28.8 Å². The lowest BCUT2D eigenvalue weighted by molar-refractivity contribution is -0.114. The first-order chi connectivity index (χ1) is 12.5. The normalized spacial score (nSPS) is 17.3. The lowest BCUT2D eigenvalue weighted by Crippen LogP contribution is -2.10. The molecule has 0 saturated carbocycles. The van der Waals surface area contributed by atoms with Crippen LogP contribution in [-0.4, -0.2) is 25.8 Å². The second-order valence-electron chi connectivity index (χ2n) is 6.60. The van der Waals surface area contributed by atoms with E-state index < -0.39 is 6.04 Å². The number of amides is 1. The van der Waals surface area contributed by atoms with Crippen LogP contribution in [0.1, 0.15) is 34.5 Å². The number of carbonyl (C=O) groups is 2. The van der Waals surface area contributed by atoms with Crippen molar-refractivity contribution < 1.29 is 9.59 Å². The molecule has 130 valence electrons. The predicted octanol–water partition coefficient (Wildman–Crippen LogP) is 3.83. The zero-order valence-corrected chi connectivity index (χ0v) is 14.8. The largest absolute Gasteiger partial charge is 0.378 e. The SMILES string of the molecule is CC(=O)Nc1cccc2c1C(=O)C1=C(c3ccc(N(C)C)cc3)N=NC12. The lowest BCUT2D eigenvalue weighted by Gasteiger charge is -2.12. The van der Waals surface area contributed by atoms with Crippen molar-refractivity contribution in [1.82, 2.24) is 0 Å². The third-order valence-corrected chi connectivity index (χ3v) is 4.63. The highest BCUT2D eigenvalue weighted by Crippen LogP contribution is 2.48. The number of carbonyl (C=O) groups excluding carboxylic acids is 2. The van der Waals surface area contributed by atoms with Gasteiger partial charge in [-0.3, -0.25) is 9.59 Å². The summed E-state index contributed by atoms with van der Waals surface area (Å²) >= 11 is 0. The molecule has 0 radical (unpaired) electrons. The van der Waals surface area contributed by atoms with Gasteiger partial charge in [-0.05, 0) is 23.8 Å². The molecule has 1 amide bonds. The molecule has 6 heteroatoms. The number of rotatable bonds is 3. The number of hydrogen-bond acceptors (Lipinski definition) is 5. The van der Waals surface area contributed by atoms with E-state index in [-0.39, 0.29) is 11.7 Å². The van der Waals surface area contributed by atoms with Crippen LogP contribution < -0.4 is 10.2 Å². The van der Waals surface area contributed by atoms with Gasteiger partial charge in [0.1, 0.15) is 11.7 Å². The number of benzene rings is 2. The van der Waals surface area contributed by atoms with Crippen LogP contribution in [0.4, 0.5) is 11.4 Å². The molecule has 1 heterocycles. The van der Waals surface area contributed by atoms with Gasteiger partial charge in [-0.2, -0.15) is 10.2 Å². The topological polar surface area (TPSA) is 74.1 Å². The molecule has 1 N–H and O–H groups in total. The number of azo groups is 1. The highest BCUT2D eigenvalue weighted by atomic mass is 16.1. The van der Waals surface area contributed by atoms with E-state index in [4.69, 9.17) is 0 Å². The van der Waals surface area contributed by atoms with Crippen LogP contribution in [0.3, 0.4) is 0 Å². The first-order valence-corrected chi connectivity index (χ1v) is 8.35. The molecule has 2 aromatic carbocycles. The number of hydrogen-bond donors (Lipinski definition) is 1. The molecule has 6 nitrogen and oxygen atoms in total. The summed E-state index contributed by atoms with van der Waals surface area (Å²) in [7, 11) is 3.95. The Morgan fingerprint density at radius 3 is 2.50 bits per heavy atom. The van der Waals surface area contributed by atoms with Crippen LogP contribution in [0, 0.1) is 0 Å². The first-order valence-electron chi connectivity index (χ1n) is 8.35. The Hall–Kier alpha value is -3.28. The smallest absolute Gasteiger partial charge is 0.221 e. The van der Waals surface area contributed by atoms with E-state index in [1.807, 2.05) is 55.4 Å². The summed E-state index contributed by atoms with van der Waals surface area (Å²) in [6.45, 7) is 1.43. The van der Waals surface area contributed by atoms with E-state index in [1.165, 1.54) is 6.92 Å². The number of ketones is 1. The van der Waals surface area contributed by atoms with Crippen LogP contribution in [0.2, 0.25) is 0 Å². The van der Waals surface area contributed by atoms with Crippen molar-refractivity contribution in [2.75, 3.05) is 24.3 Å². The van der Waals surface area contributed by atoms with Crippen LogP contribution in [0.5, 0.6) is 0 Å². The van der Waals surface area contributed by atoms with E-state index in [2.05, 4.69) is 15.5 Å². The van der Waals surface area contributed by atoms with Gasteiger partial charge in [0, 0.05) is 32.3 Å². The maximum absolute atomic E-state index is 13.1. The summed E-state index contributed by atoms with van der Waals surface area (Å²) in [5.74, 6) is -0.329. The number of Topliss-reactive ketones (excluding diaryl/α,β-unsaturated/α-hetero) is 1. The van der Waals surface area contributed by atoms with Crippen LogP contribution in [0.15, 0.2) is 58.3 Å². The average molecular weight is 346 g/mol. The van der Waals surface area contributed by atoms with Crippen molar-refractivity contribution in [2.24, 2.45) is 10.2 Å². The van der Waals surface area contributed by atoms with Gasteiger partial charge in [-0.15, -0.1) is 0 Å². The quantitative estimate of drug-likeness (QED) is 0.918. The van der Waals surface area contributed by atoms with Gasteiger partial charge in [0.25, 0.3) is 0 Å². The van der Waals surface area contributed by atoms with Crippen molar-refractivity contribution in [3.8, 4) is 0 Å². The number of anilines is 2. The molecule has 1 unspecified atom stereocenters. The summed E-state index contributed by atoms with van der Waals surface area (Å²) < 4.78 is 0. The molecular formula is C20H18N4O2. The number of fused-ring (bicyclic) bond motifs is 3. The van der Waals surface area contributed by atoms with Crippen molar-refractivity contribution in [3.63, 3.8) is 0 Å². The van der Waals surface area contributed by atoms with Crippen molar-refractivity contribution in [2.45, 2.75) is 13.0 Å². The molecule has 2 aliphatic rings. The molecule has 26 heavy (non-hydrogen) atoms. The minimum absolute atomic E-state index is 0.119. The molecule has 1 aliphatic heterocycles. The molecule has 1 atom stereocenters. The number of nitrogens with zero attached hydrogens (tertiary/aromatic N) is 3. The third-order valence-electron chi connectivity index (χ3n) is 4.63. The predicted molar refractivity (Wildman–Crippen MR) is 100 cm³/mol. The van der Waals surface area contributed by atoms with E-state index in [0.717, 1.165) is 16.8 Å². The van der Waals surface area contributed by atoms with Gasteiger partial charge in [0.2, 0.25) is 5.91 Å². The van der Waals surface area contributed by atoms with Crippen molar-refractivity contribution in [3.05, 3.63) is 64.7 Å². The molecule has 4 rings (SSSR count). The van der Waals surface area contributed by atoms with E-state index in [1.54, 1.807) is 6.07 Å². The Bertz CT molecular complexity index is 987.